The Hall–Kier alpha value is -2.82. The van der Waals surface area contributed by atoms with Gasteiger partial charge in [-0.05, 0) is 40.5 Å². The maximum atomic E-state index is 12.6. The molecule has 0 saturated carbocycles. The Morgan fingerprint density at radius 2 is 1.36 bits per heavy atom. The van der Waals surface area contributed by atoms with Crippen LogP contribution in [0.5, 0.6) is 11.5 Å². The molecule has 2 aromatic carbocycles. The molecule has 0 aliphatic rings. The van der Waals surface area contributed by atoms with Crippen molar-refractivity contribution in [2.45, 2.75) is 46.1 Å². The zero-order valence-corrected chi connectivity index (χ0v) is 18.8. The first-order chi connectivity index (χ1) is 15.3. The van der Waals surface area contributed by atoms with Gasteiger partial charge in [-0.3, -0.25) is 0 Å². The Morgan fingerprint density at radius 3 is 1.79 bits per heavy atom. The lowest BCUT2D eigenvalue weighted by molar-refractivity contribution is -0.158. The van der Waals surface area contributed by atoms with Gasteiger partial charge in [-0.1, -0.05) is 39.8 Å². The summed E-state index contributed by atoms with van der Waals surface area (Å²) in [6.45, 7) is 4.51. The number of fused-ring (bicyclic) bond motifs is 1. The van der Waals surface area contributed by atoms with Crippen LogP contribution in [0.2, 0.25) is 0 Å². The van der Waals surface area contributed by atoms with Crippen molar-refractivity contribution in [3.8, 4) is 11.5 Å². The second kappa shape index (κ2) is 11.9. The average Bonchev–Trinajstić information content (AvgIpc) is 2.70. The number of rotatable bonds is 8. The van der Waals surface area contributed by atoms with E-state index in [-0.39, 0.29) is 12.0 Å². The van der Waals surface area contributed by atoms with Gasteiger partial charge in [-0.25, -0.2) is 5.84 Å². The molecule has 0 heterocycles. The number of halogens is 6. The fourth-order valence-corrected chi connectivity index (χ4v) is 3.10. The molecule has 186 valence electrons. The fraction of sp³-hybridized carbons (Fsp3) is 0.455. The SMILES string of the molecule is CC.CC(C)C(c1ccc2cc(OCC(F)(F)F)c(OCC(F)(F)F)cc2c1)N(N)/C=C\N. The summed E-state index contributed by atoms with van der Waals surface area (Å²) in [7, 11) is 0. The highest BCUT2D eigenvalue weighted by Gasteiger charge is 2.31. The maximum Gasteiger partial charge on any atom is 0.422 e. The molecule has 4 N–H and O–H groups in total. The van der Waals surface area contributed by atoms with Crippen LogP contribution in [-0.4, -0.2) is 30.6 Å². The summed E-state index contributed by atoms with van der Waals surface area (Å²) >= 11 is 0. The predicted octanol–water partition coefficient (Wildman–Crippen LogP) is 6.05. The zero-order valence-electron chi connectivity index (χ0n) is 18.8. The first-order valence-electron chi connectivity index (χ1n) is 10.2. The summed E-state index contributed by atoms with van der Waals surface area (Å²) in [5, 5.41) is 2.30. The molecule has 0 aromatic heterocycles. The Labute approximate surface area is 188 Å². The van der Waals surface area contributed by atoms with Crippen LogP contribution < -0.4 is 21.1 Å². The molecular weight excluding hydrogens is 452 g/mol. The van der Waals surface area contributed by atoms with Gasteiger partial charge in [-0.2, -0.15) is 26.3 Å². The minimum atomic E-state index is -4.67. The first-order valence-corrected chi connectivity index (χ1v) is 10.2. The molecule has 2 rings (SSSR count). The lowest BCUT2D eigenvalue weighted by Gasteiger charge is -2.30. The van der Waals surface area contributed by atoms with Crippen molar-refractivity contribution in [1.29, 1.82) is 0 Å². The third kappa shape index (κ3) is 8.91. The topological polar surface area (TPSA) is 73.7 Å². The van der Waals surface area contributed by atoms with E-state index in [0.29, 0.717) is 10.8 Å². The highest BCUT2D eigenvalue weighted by Crippen LogP contribution is 2.37. The number of benzene rings is 2. The van der Waals surface area contributed by atoms with Gasteiger partial charge in [0.15, 0.2) is 24.7 Å². The van der Waals surface area contributed by atoms with Crippen molar-refractivity contribution in [3.63, 3.8) is 0 Å². The second-order valence-electron chi connectivity index (χ2n) is 7.19. The highest BCUT2D eigenvalue weighted by molar-refractivity contribution is 5.86. The summed E-state index contributed by atoms with van der Waals surface area (Å²) in [4.78, 5) is 0. The number of alkyl halides is 6. The van der Waals surface area contributed by atoms with Crippen LogP contribution in [0.4, 0.5) is 26.3 Å². The van der Waals surface area contributed by atoms with E-state index in [4.69, 9.17) is 21.1 Å². The quantitative estimate of drug-likeness (QED) is 0.273. The van der Waals surface area contributed by atoms with Crippen LogP contribution in [0.15, 0.2) is 42.7 Å². The van der Waals surface area contributed by atoms with Crippen molar-refractivity contribution < 1.29 is 35.8 Å². The van der Waals surface area contributed by atoms with E-state index in [1.165, 1.54) is 29.5 Å². The largest absolute Gasteiger partial charge is 0.480 e. The minimum Gasteiger partial charge on any atom is -0.480 e. The number of nitrogens with zero attached hydrogens (tertiary/aromatic N) is 1. The average molecular weight is 481 g/mol. The second-order valence-corrected chi connectivity index (χ2v) is 7.19. The first kappa shape index (κ1) is 28.2. The minimum absolute atomic E-state index is 0.0361. The van der Waals surface area contributed by atoms with Gasteiger partial charge in [0, 0.05) is 12.4 Å². The monoisotopic (exact) mass is 481 g/mol. The normalized spacial score (nSPS) is 13.1. The molecule has 2 aromatic rings. The molecule has 0 spiro atoms. The molecule has 11 heteroatoms. The Balaban J connectivity index is 0.00000265. The standard InChI is InChI=1S/C20H23F6N3O2.C2H6/c1-12(2)18(29(28)6-5-27)14-4-3-13-8-16(30-10-19(21,22)23)17(9-15(13)7-14)31-11-20(24,25)26;1-2/h3-9,12,18H,10-11,27-28H2,1-2H3;1-2H3/b6-5-;. The summed E-state index contributed by atoms with van der Waals surface area (Å²) < 4.78 is 84.8. The number of hydrogen-bond donors (Lipinski definition) is 2. The molecule has 0 aliphatic heterocycles. The van der Waals surface area contributed by atoms with E-state index in [0.717, 1.165) is 5.56 Å². The molecule has 0 aliphatic carbocycles. The van der Waals surface area contributed by atoms with Crippen LogP contribution in [0, 0.1) is 5.92 Å². The van der Waals surface area contributed by atoms with E-state index in [1.54, 1.807) is 18.2 Å². The van der Waals surface area contributed by atoms with Crippen LogP contribution in [0.3, 0.4) is 0 Å². The zero-order chi connectivity index (χ0) is 25.4. The molecule has 0 amide bonds. The molecule has 33 heavy (non-hydrogen) atoms. The number of ether oxygens (including phenoxy) is 2. The lowest BCUT2D eigenvalue weighted by Crippen LogP contribution is -2.33. The Morgan fingerprint density at radius 1 is 0.879 bits per heavy atom. The molecule has 0 saturated heterocycles. The van der Waals surface area contributed by atoms with Crippen LogP contribution in [0.1, 0.15) is 39.3 Å². The molecule has 5 nitrogen and oxygen atoms in total. The van der Waals surface area contributed by atoms with Gasteiger partial charge in [0.2, 0.25) is 0 Å². The van der Waals surface area contributed by atoms with Crippen molar-refractivity contribution in [2.75, 3.05) is 13.2 Å². The number of nitrogens with two attached hydrogens (primary N) is 2. The van der Waals surface area contributed by atoms with Gasteiger partial charge >= 0.3 is 12.4 Å². The van der Waals surface area contributed by atoms with E-state index in [1.807, 2.05) is 27.7 Å². The summed E-state index contributed by atoms with van der Waals surface area (Å²) in [6.07, 6.45) is -6.59. The van der Waals surface area contributed by atoms with E-state index in [2.05, 4.69) is 0 Å². The molecule has 1 unspecified atom stereocenters. The summed E-state index contributed by atoms with van der Waals surface area (Å²) in [6, 6.07) is 7.13. The van der Waals surface area contributed by atoms with E-state index >= 15 is 0 Å². The van der Waals surface area contributed by atoms with Gasteiger partial charge in [0.05, 0.1) is 6.04 Å². The fourth-order valence-electron chi connectivity index (χ4n) is 3.10. The smallest absolute Gasteiger partial charge is 0.422 e. The van der Waals surface area contributed by atoms with Crippen molar-refractivity contribution >= 4 is 10.8 Å². The van der Waals surface area contributed by atoms with E-state index in [9.17, 15) is 26.3 Å². The predicted molar refractivity (Wildman–Crippen MR) is 115 cm³/mol. The summed E-state index contributed by atoms with van der Waals surface area (Å²) in [5.41, 5.74) is 6.13. The van der Waals surface area contributed by atoms with Crippen molar-refractivity contribution in [3.05, 3.63) is 48.3 Å². The molecule has 1 atom stereocenters. The Bertz CT molecular complexity index is 913. The molecular formula is C22H29F6N3O2. The van der Waals surface area contributed by atoms with Crippen molar-refractivity contribution in [2.24, 2.45) is 17.5 Å². The highest BCUT2D eigenvalue weighted by atomic mass is 19.4. The Kier molecular flexibility index (Phi) is 10.1. The van der Waals surface area contributed by atoms with Crippen molar-refractivity contribution in [1.82, 2.24) is 5.01 Å². The van der Waals surface area contributed by atoms with Gasteiger partial charge in [0.25, 0.3) is 0 Å². The number of hydrogen-bond acceptors (Lipinski definition) is 5. The van der Waals surface area contributed by atoms with Crippen LogP contribution >= 0.6 is 0 Å². The van der Waals surface area contributed by atoms with Gasteiger partial charge in [-0.15, -0.1) is 0 Å². The summed E-state index contributed by atoms with van der Waals surface area (Å²) in [5.74, 6) is 5.18. The molecule has 0 radical (unpaired) electrons. The van der Waals surface area contributed by atoms with Crippen LogP contribution in [0.25, 0.3) is 10.8 Å². The third-order valence-electron chi connectivity index (χ3n) is 4.26. The van der Waals surface area contributed by atoms with Gasteiger partial charge in [0.1, 0.15) is 0 Å². The van der Waals surface area contributed by atoms with Crippen LogP contribution in [-0.2, 0) is 0 Å². The molecule has 0 bridgehead atoms. The number of hydrazine groups is 1. The van der Waals surface area contributed by atoms with Gasteiger partial charge < -0.3 is 20.2 Å². The van der Waals surface area contributed by atoms with E-state index < -0.39 is 37.1 Å². The third-order valence-corrected chi connectivity index (χ3v) is 4.26. The maximum absolute atomic E-state index is 12.6. The molecule has 0 fully saturated rings. The lowest BCUT2D eigenvalue weighted by atomic mass is 9.93.